The van der Waals surface area contributed by atoms with E-state index in [9.17, 15) is 9.59 Å². The van der Waals surface area contributed by atoms with Gasteiger partial charge in [0.2, 0.25) is 11.6 Å². The predicted molar refractivity (Wildman–Crippen MR) is 39.3 cm³/mol. The molecule has 0 aromatic carbocycles. The fraction of sp³-hybridized carbons (Fsp3) is 0. The smallest absolute Gasteiger partial charge is 0.236 e. The summed E-state index contributed by atoms with van der Waals surface area (Å²) in [4.78, 5) is 22.5. The third-order valence-electron chi connectivity index (χ3n) is 1.38. The Morgan fingerprint density at radius 2 is 2.18 bits per heavy atom. The highest BCUT2D eigenvalue weighted by Gasteiger charge is 2.22. The van der Waals surface area contributed by atoms with Gasteiger partial charge in [-0.3, -0.25) is 9.59 Å². The van der Waals surface area contributed by atoms with Gasteiger partial charge in [-0.15, -0.1) is 0 Å². The van der Waals surface area contributed by atoms with Crippen molar-refractivity contribution < 1.29 is 9.59 Å². The number of fused-ring (bicyclic) bond motifs is 1. The summed E-state index contributed by atoms with van der Waals surface area (Å²) in [5, 5.41) is 0. The zero-order chi connectivity index (χ0) is 7.84. The van der Waals surface area contributed by atoms with Crippen LogP contribution in [-0.4, -0.2) is 15.9 Å². The number of hydrogen-bond donors (Lipinski definition) is 0. The van der Waals surface area contributed by atoms with Crippen molar-refractivity contribution in [2.75, 3.05) is 0 Å². The van der Waals surface area contributed by atoms with Gasteiger partial charge in [0.1, 0.15) is 6.20 Å². The number of hydrogen-bond acceptors (Lipinski definition) is 4. The monoisotopic (exact) mass is 164 g/mol. The summed E-state index contributed by atoms with van der Waals surface area (Å²) >= 11 is 1.17. The molecule has 0 amide bonds. The van der Waals surface area contributed by atoms with E-state index >= 15 is 0 Å². The molecule has 53 valence electrons. The molecule has 0 spiro atoms. The fourth-order valence-electron chi connectivity index (χ4n) is 0.845. The number of nitrogens with zero attached hydrogens (tertiary/aromatic N) is 1. The van der Waals surface area contributed by atoms with Gasteiger partial charge < -0.3 is 0 Å². The summed E-state index contributed by atoms with van der Waals surface area (Å²) in [6, 6.07) is 0. The highest BCUT2D eigenvalue weighted by molar-refractivity contribution is 7.07. The second-order valence-electron chi connectivity index (χ2n) is 2.06. The molecule has 0 aliphatic heterocycles. The number of allylic oxidation sites excluding steroid dienone is 1. The molecule has 4 heteroatoms. The van der Waals surface area contributed by atoms with Crippen molar-refractivity contribution in [3.63, 3.8) is 0 Å². The molecule has 2 rings (SSSR count). The second-order valence-corrected chi connectivity index (χ2v) is 2.87. The molecular weight excluding hydrogens is 162 g/mol. The van der Waals surface area contributed by atoms with E-state index in [1.54, 1.807) is 6.08 Å². The van der Waals surface area contributed by atoms with Crippen LogP contribution in [0.3, 0.4) is 0 Å². The van der Waals surface area contributed by atoms with Crippen LogP contribution < -0.4 is 0 Å². The van der Waals surface area contributed by atoms with E-state index < -0.39 is 11.6 Å². The summed E-state index contributed by atoms with van der Waals surface area (Å²) in [6.45, 7) is 0. The minimum atomic E-state index is -0.503. The summed E-state index contributed by atoms with van der Waals surface area (Å²) in [7, 11) is 0. The Morgan fingerprint density at radius 1 is 1.36 bits per heavy atom. The first-order valence-corrected chi connectivity index (χ1v) is 3.70. The van der Waals surface area contributed by atoms with E-state index in [0.717, 1.165) is 4.88 Å². The molecule has 0 saturated heterocycles. The van der Waals surface area contributed by atoms with Gasteiger partial charge in [-0.2, -0.15) is 4.37 Å². The average molecular weight is 164 g/mol. The highest BCUT2D eigenvalue weighted by Crippen LogP contribution is 2.19. The standard InChI is InChI=1S/C7H2NO2S/c9-5-1-2-6-4(7(5)10)3-8-11-6/h1-2H. The lowest BCUT2D eigenvalue weighted by molar-refractivity contribution is -0.110. The Labute approximate surface area is 66.5 Å². The maximum atomic E-state index is 11.0. The van der Waals surface area contributed by atoms with Crippen LogP contribution in [0.25, 0.3) is 6.08 Å². The average Bonchev–Trinajstić information content (AvgIpc) is 2.45. The van der Waals surface area contributed by atoms with E-state index in [-0.39, 0.29) is 0 Å². The van der Waals surface area contributed by atoms with Crippen LogP contribution in [0.15, 0.2) is 6.08 Å². The molecule has 0 atom stereocenters. The third-order valence-corrected chi connectivity index (χ3v) is 2.10. The molecule has 1 aromatic rings. The Kier molecular flexibility index (Phi) is 1.22. The van der Waals surface area contributed by atoms with Crippen LogP contribution in [0.5, 0.6) is 0 Å². The quantitative estimate of drug-likeness (QED) is 0.531. The number of carbonyl (C=O) groups excluding carboxylic acids is 2. The second kappa shape index (κ2) is 2.10. The highest BCUT2D eigenvalue weighted by atomic mass is 32.1. The zero-order valence-electron chi connectivity index (χ0n) is 5.33. The van der Waals surface area contributed by atoms with Crippen molar-refractivity contribution in [3.8, 4) is 0 Å². The van der Waals surface area contributed by atoms with Crippen LogP contribution in [0.2, 0.25) is 0 Å². The first-order valence-electron chi connectivity index (χ1n) is 2.93. The van der Waals surface area contributed by atoms with Crippen LogP contribution in [-0.2, 0) is 4.79 Å². The lowest BCUT2D eigenvalue weighted by Gasteiger charge is -1.98. The summed E-state index contributed by atoms with van der Waals surface area (Å²) in [5.74, 6) is -0.995. The van der Waals surface area contributed by atoms with E-state index in [0.29, 0.717) is 5.56 Å². The first-order chi connectivity index (χ1) is 5.29. The number of Topliss-reactive ketones (excluding diaryl/α,β-unsaturated/α-hetero) is 1. The first kappa shape index (κ1) is 6.42. The van der Waals surface area contributed by atoms with Gasteiger partial charge in [-0.25, -0.2) is 0 Å². The van der Waals surface area contributed by atoms with Crippen LogP contribution in [0.4, 0.5) is 0 Å². The van der Waals surface area contributed by atoms with Crippen molar-refractivity contribution in [2.45, 2.75) is 0 Å². The molecule has 0 saturated carbocycles. The normalized spacial score (nSPS) is 15.3. The third kappa shape index (κ3) is 0.832. The summed E-state index contributed by atoms with van der Waals surface area (Å²) in [5.41, 5.74) is 0.308. The molecule has 0 bridgehead atoms. The molecule has 0 fully saturated rings. The minimum Gasteiger partial charge on any atom is -0.286 e. The number of carbonyl (C=O) groups is 2. The van der Waals surface area contributed by atoms with Crippen LogP contribution in [0, 0.1) is 6.20 Å². The zero-order valence-corrected chi connectivity index (χ0v) is 6.14. The molecule has 0 N–H and O–H groups in total. The molecule has 1 aliphatic carbocycles. The van der Waals surface area contributed by atoms with E-state index in [2.05, 4.69) is 10.6 Å². The minimum absolute atomic E-state index is 0.308. The van der Waals surface area contributed by atoms with Crippen molar-refractivity contribution in [1.82, 2.24) is 4.37 Å². The molecule has 1 aliphatic rings. The maximum absolute atomic E-state index is 11.0. The molecule has 3 nitrogen and oxygen atoms in total. The number of rotatable bonds is 0. The van der Waals surface area contributed by atoms with Crippen molar-refractivity contribution in [1.29, 1.82) is 0 Å². The van der Waals surface area contributed by atoms with E-state index in [1.807, 2.05) is 0 Å². The topological polar surface area (TPSA) is 47.0 Å². The number of ketones is 2. The molecular formula is C7H2NO2S. The van der Waals surface area contributed by atoms with Gasteiger partial charge in [-0.1, -0.05) is 0 Å². The molecule has 11 heavy (non-hydrogen) atoms. The Balaban J connectivity index is 2.66. The van der Waals surface area contributed by atoms with Gasteiger partial charge in [0, 0.05) is 0 Å². The van der Waals surface area contributed by atoms with Crippen molar-refractivity contribution in [3.05, 3.63) is 22.7 Å². The summed E-state index contributed by atoms with van der Waals surface area (Å²) < 4.78 is 3.68. The van der Waals surface area contributed by atoms with E-state index in [4.69, 9.17) is 0 Å². The summed E-state index contributed by atoms with van der Waals surface area (Å²) in [6.07, 6.45) is 5.34. The van der Waals surface area contributed by atoms with Crippen LogP contribution in [0.1, 0.15) is 15.2 Å². The Hall–Kier alpha value is -1.29. The Morgan fingerprint density at radius 3 is 3.00 bits per heavy atom. The van der Waals surface area contributed by atoms with Crippen molar-refractivity contribution >= 4 is 29.2 Å². The van der Waals surface area contributed by atoms with E-state index in [1.165, 1.54) is 17.6 Å². The predicted octanol–water partition coefficient (Wildman–Crippen LogP) is 0.722. The van der Waals surface area contributed by atoms with Gasteiger partial charge >= 0.3 is 0 Å². The number of aromatic nitrogens is 1. The Bertz CT molecular complexity index is 364. The van der Waals surface area contributed by atoms with Gasteiger partial charge in [0.05, 0.1) is 10.4 Å². The van der Waals surface area contributed by atoms with Gasteiger partial charge in [-0.05, 0) is 23.7 Å². The molecule has 0 unspecified atom stereocenters. The maximum Gasteiger partial charge on any atom is 0.236 e. The lowest BCUT2D eigenvalue weighted by atomic mass is 10.0. The fourth-order valence-corrected chi connectivity index (χ4v) is 1.44. The molecule has 1 aromatic heterocycles. The lowest BCUT2D eigenvalue weighted by Crippen LogP contribution is -2.14. The van der Waals surface area contributed by atoms with Gasteiger partial charge in [0.25, 0.3) is 0 Å². The SMILES string of the molecule is O=C1C=Cc2sn[c]c2C1=O. The molecule has 1 heterocycles. The van der Waals surface area contributed by atoms with Crippen LogP contribution >= 0.6 is 11.5 Å². The molecule has 1 radical (unpaired) electrons. The van der Waals surface area contributed by atoms with Crippen molar-refractivity contribution in [2.24, 2.45) is 0 Å². The van der Waals surface area contributed by atoms with Gasteiger partial charge in [0.15, 0.2) is 0 Å². The largest absolute Gasteiger partial charge is 0.286 e.